The zero-order valence-corrected chi connectivity index (χ0v) is 13.3. The largest absolute Gasteiger partial charge is 0.417 e. The van der Waals surface area contributed by atoms with Crippen molar-refractivity contribution in [2.24, 2.45) is 0 Å². The molecule has 23 heavy (non-hydrogen) atoms. The molecule has 2 aromatic carbocycles. The Morgan fingerprint density at radius 1 is 1.09 bits per heavy atom. The lowest BCUT2D eigenvalue weighted by Crippen LogP contribution is -2.14. The van der Waals surface area contributed by atoms with Gasteiger partial charge >= 0.3 is 6.18 Å². The van der Waals surface area contributed by atoms with Crippen LogP contribution in [0, 0.1) is 11.6 Å². The van der Waals surface area contributed by atoms with Gasteiger partial charge in [-0.05, 0) is 30.3 Å². The van der Waals surface area contributed by atoms with Gasteiger partial charge in [-0.3, -0.25) is 4.79 Å². The number of benzene rings is 2. The van der Waals surface area contributed by atoms with E-state index in [9.17, 15) is 26.7 Å². The van der Waals surface area contributed by atoms with Crippen molar-refractivity contribution in [3.63, 3.8) is 0 Å². The SMILES string of the molecule is O=C(Nc1ccc(Br)c(C(F)(F)F)c1)c1cc(F)c(F)cc1Cl. The fourth-order valence-electron chi connectivity index (χ4n) is 1.72. The monoisotopic (exact) mass is 413 g/mol. The van der Waals surface area contributed by atoms with Crippen molar-refractivity contribution >= 4 is 39.1 Å². The summed E-state index contributed by atoms with van der Waals surface area (Å²) in [5, 5.41) is 1.79. The van der Waals surface area contributed by atoms with E-state index < -0.39 is 34.8 Å². The number of hydrogen-bond acceptors (Lipinski definition) is 1. The lowest BCUT2D eigenvalue weighted by atomic mass is 10.1. The molecule has 1 N–H and O–H groups in total. The summed E-state index contributed by atoms with van der Waals surface area (Å²) >= 11 is 8.40. The summed E-state index contributed by atoms with van der Waals surface area (Å²) in [6.07, 6.45) is -4.63. The van der Waals surface area contributed by atoms with E-state index in [0.717, 1.165) is 6.07 Å². The van der Waals surface area contributed by atoms with E-state index >= 15 is 0 Å². The summed E-state index contributed by atoms with van der Waals surface area (Å²) in [6.45, 7) is 0. The minimum atomic E-state index is -4.63. The van der Waals surface area contributed by atoms with Crippen molar-refractivity contribution in [3.05, 3.63) is 62.6 Å². The molecule has 9 heteroatoms. The Morgan fingerprint density at radius 3 is 2.30 bits per heavy atom. The topological polar surface area (TPSA) is 29.1 Å². The van der Waals surface area contributed by atoms with E-state index in [1.807, 2.05) is 0 Å². The predicted octanol–water partition coefficient (Wildman–Crippen LogP) is 5.65. The number of anilines is 1. The lowest BCUT2D eigenvalue weighted by molar-refractivity contribution is -0.138. The summed E-state index contributed by atoms with van der Waals surface area (Å²) in [6, 6.07) is 4.19. The second-order valence-corrected chi connectivity index (χ2v) is 5.65. The third kappa shape index (κ3) is 4.00. The minimum absolute atomic E-state index is 0.175. The molecule has 2 aromatic rings. The van der Waals surface area contributed by atoms with Gasteiger partial charge < -0.3 is 5.32 Å². The number of amides is 1. The number of alkyl halides is 3. The normalized spacial score (nSPS) is 11.4. The molecule has 0 aliphatic carbocycles. The molecule has 122 valence electrons. The van der Waals surface area contributed by atoms with Crippen molar-refractivity contribution < 1.29 is 26.7 Å². The second kappa shape index (κ2) is 6.45. The molecule has 0 saturated heterocycles. The highest BCUT2D eigenvalue weighted by Gasteiger charge is 2.33. The average Bonchev–Trinajstić information content (AvgIpc) is 2.43. The molecular weight excluding hydrogens is 409 g/mol. The zero-order chi connectivity index (χ0) is 17.4. The van der Waals surface area contributed by atoms with Crippen LogP contribution >= 0.6 is 27.5 Å². The minimum Gasteiger partial charge on any atom is -0.322 e. The van der Waals surface area contributed by atoms with Crippen LogP contribution in [0.2, 0.25) is 5.02 Å². The van der Waals surface area contributed by atoms with Gasteiger partial charge in [-0.1, -0.05) is 27.5 Å². The molecule has 0 heterocycles. The molecule has 0 aliphatic heterocycles. The average molecular weight is 415 g/mol. The van der Waals surface area contributed by atoms with E-state index in [0.29, 0.717) is 18.2 Å². The molecule has 0 atom stereocenters. The smallest absolute Gasteiger partial charge is 0.322 e. The maximum Gasteiger partial charge on any atom is 0.417 e. The Morgan fingerprint density at radius 2 is 1.70 bits per heavy atom. The summed E-state index contributed by atoms with van der Waals surface area (Å²) < 4.78 is 64.3. The van der Waals surface area contributed by atoms with Crippen LogP contribution < -0.4 is 5.32 Å². The van der Waals surface area contributed by atoms with E-state index in [1.54, 1.807) is 0 Å². The Labute approximate surface area is 140 Å². The number of halogens is 7. The van der Waals surface area contributed by atoms with Gasteiger partial charge in [0.2, 0.25) is 0 Å². The van der Waals surface area contributed by atoms with Crippen LogP contribution in [0.4, 0.5) is 27.6 Å². The van der Waals surface area contributed by atoms with Crippen LogP contribution in [0.5, 0.6) is 0 Å². The molecule has 2 rings (SSSR count). The first kappa shape index (κ1) is 17.7. The molecule has 0 aromatic heterocycles. The number of nitrogens with one attached hydrogen (secondary N) is 1. The summed E-state index contributed by atoms with van der Waals surface area (Å²) in [7, 11) is 0. The molecule has 0 bridgehead atoms. The summed E-state index contributed by atoms with van der Waals surface area (Å²) in [5.74, 6) is -3.51. The predicted molar refractivity (Wildman–Crippen MR) is 78.5 cm³/mol. The molecule has 0 fully saturated rings. The number of carbonyl (C=O) groups is 1. The van der Waals surface area contributed by atoms with Crippen LogP contribution in [-0.2, 0) is 6.18 Å². The molecule has 0 aliphatic rings. The van der Waals surface area contributed by atoms with Crippen molar-refractivity contribution in [3.8, 4) is 0 Å². The third-order valence-electron chi connectivity index (χ3n) is 2.78. The van der Waals surface area contributed by atoms with Crippen LogP contribution in [0.25, 0.3) is 0 Å². The van der Waals surface area contributed by atoms with Gasteiger partial charge in [0.1, 0.15) is 0 Å². The second-order valence-electron chi connectivity index (χ2n) is 4.39. The fourth-order valence-corrected chi connectivity index (χ4v) is 2.42. The number of rotatable bonds is 2. The van der Waals surface area contributed by atoms with Crippen molar-refractivity contribution in [1.82, 2.24) is 0 Å². The van der Waals surface area contributed by atoms with Crippen LogP contribution in [0.15, 0.2) is 34.8 Å². The maximum atomic E-state index is 13.2. The first-order valence-corrected chi connectivity index (χ1v) is 7.09. The van der Waals surface area contributed by atoms with Crippen molar-refractivity contribution in [2.45, 2.75) is 6.18 Å². The molecule has 0 spiro atoms. The first-order chi connectivity index (χ1) is 10.6. The van der Waals surface area contributed by atoms with Crippen LogP contribution in [0.3, 0.4) is 0 Å². The van der Waals surface area contributed by atoms with Gasteiger partial charge in [0.15, 0.2) is 11.6 Å². The van der Waals surface area contributed by atoms with E-state index in [2.05, 4.69) is 21.2 Å². The Hall–Kier alpha value is -1.67. The highest BCUT2D eigenvalue weighted by molar-refractivity contribution is 9.10. The highest BCUT2D eigenvalue weighted by atomic mass is 79.9. The molecule has 0 unspecified atom stereocenters. The Balaban J connectivity index is 2.33. The van der Waals surface area contributed by atoms with Crippen LogP contribution in [-0.4, -0.2) is 5.91 Å². The van der Waals surface area contributed by atoms with Gasteiger partial charge in [0.05, 0.1) is 16.1 Å². The highest BCUT2D eigenvalue weighted by Crippen LogP contribution is 2.36. The number of hydrogen-bond donors (Lipinski definition) is 1. The summed E-state index contributed by atoms with van der Waals surface area (Å²) in [5.41, 5.74) is -1.57. The molecule has 0 saturated carbocycles. The van der Waals surface area contributed by atoms with Crippen molar-refractivity contribution in [2.75, 3.05) is 5.32 Å². The van der Waals surface area contributed by atoms with Crippen molar-refractivity contribution in [1.29, 1.82) is 0 Å². The quantitative estimate of drug-likeness (QED) is 0.499. The fraction of sp³-hybridized carbons (Fsp3) is 0.0714. The van der Waals surface area contributed by atoms with E-state index in [4.69, 9.17) is 11.6 Å². The van der Waals surface area contributed by atoms with Gasteiger partial charge in [-0.2, -0.15) is 13.2 Å². The Kier molecular flexibility index (Phi) is 4.95. The molecule has 2 nitrogen and oxygen atoms in total. The molecular formula is C14H6BrClF5NO. The summed E-state index contributed by atoms with van der Waals surface area (Å²) in [4.78, 5) is 12.0. The molecule has 0 radical (unpaired) electrons. The van der Waals surface area contributed by atoms with Gasteiger partial charge in [-0.25, -0.2) is 8.78 Å². The van der Waals surface area contributed by atoms with E-state index in [-0.39, 0.29) is 15.2 Å². The maximum absolute atomic E-state index is 13.2. The van der Waals surface area contributed by atoms with E-state index in [1.165, 1.54) is 6.07 Å². The third-order valence-corrected chi connectivity index (χ3v) is 3.79. The van der Waals surface area contributed by atoms with Gasteiger partial charge in [-0.15, -0.1) is 0 Å². The Bertz CT molecular complexity index is 778. The lowest BCUT2D eigenvalue weighted by Gasteiger charge is -2.12. The van der Waals surface area contributed by atoms with Gasteiger partial charge in [0.25, 0.3) is 5.91 Å². The van der Waals surface area contributed by atoms with Crippen LogP contribution in [0.1, 0.15) is 15.9 Å². The zero-order valence-electron chi connectivity index (χ0n) is 10.9. The first-order valence-electron chi connectivity index (χ1n) is 5.92. The molecule has 1 amide bonds. The van der Waals surface area contributed by atoms with Gasteiger partial charge in [0, 0.05) is 10.2 Å². The number of carbonyl (C=O) groups excluding carboxylic acids is 1. The standard InChI is InChI=1S/C14H6BrClF5NO/c15-9-2-1-6(3-8(9)14(19,20)21)22-13(23)7-4-11(17)12(18)5-10(7)16/h1-5H,(H,22,23).